The zero-order valence-electron chi connectivity index (χ0n) is 16.8. The van der Waals surface area contributed by atoms with Gasteiger partial charge in [-0.25, -0.2) is 0 Å². The molecule has 0 aliphatic rings. The zero-order valence-corrected chi connectivity index (χ0v) is 16.8. The van der Waals surface area contributed by atoms with Crippen molar-refractivity contribution in [1.82, 2.24) is 5.32 Å². The Morgan fingerprint density at radius 2 is 1.83 bits per heavy atom. The Morgan fingerprint density at radius 1 is 1.00 bits per heavy atom. The Morgan fingerprint density at radius 3 is 2.57 bits per heavy atom. The minimum Gasteiger partial charge on any atom is -0.494 e. The molecule has 2 amide bonds. The van der Waals surface area contributed by atoms with Gasteiger partial charge in [0.15, 0.2) is 0 Å². The van der Waals surface area contributed by atoms with Crippen LogP contribution in [0.3, 0.4) is 0 Å². The van der Waals surface area contributed by atoms with Crippen molar-refractivity contribution in [2.24, 2.45) is 0 Å². The van der Waals surface area contributed by atoms with Crippen LogP contribution in [0.2, 0.25) is 0 Å². The molecule has 0 bridgehead atoms. The maximum Gasteiger partial charge on any atom is 0.251 e. The summed E-state index contributed by atoms with van der Waals surface area (Å²) in [5, 5.41) is 8.65. The average Bonchev–Trinajstić information content (AvgIpc) is 3.29. The minimum atomic E-state index is -0.218. The molecule has 0 aliphatic carbocycles. The maximum atomic E-state index is 12.3. The summed E-state index contributed by atoms with van der Waals surface area (Å²) in [6, 6.07) is 17.8. The summed E-state index contributed by atoms with van der Waals surface area (Å²) in [6.07, 6.45) is 2.50. The molecule has 7 nitrogen and oxygen atoms in total. The highest BCUT2D eigenvalue weighted by Crippen LogP contribution is 2.16. The van der Waals surface area contributed by atoms with Crippen LogP contribution >= 0.6 is 0 Å². The summed E-state index contributed by atoms with van der Waals surface area (Å²) < 4.78 is 10.7. The summed E-state index contributed by atoms with van der Waals surface area (Å²) in [4.78, 5) is 24.5. The number of nitrogens with one attached hydrogen (secondary N) is 3. The van der Waals surface area contributed by atoms with Gasteiger partial charge in [0.2, 0.25) is 5.91 Å². The number of anilines is 2. The topological polar surface area (TPSA) is 92.6 Å². The normalized spacial score (nSPS) is 10.3. The van der Waals surface area contributed by atoms with Crippen molar-refractivity contribution >= 4 is 23.2 Å². The highest BCUT2D eigenvalue weighted by molar-refractivity contribution is 5.96. The number of amides is 2. The molecule has 0 aliphatic heterocycles. The summed E-state index contributed by atoms with van der Waals surface area (Å²) >= 11 is 0. The molecule has 0 spiro atoms. The fourth-order valence-corrected chi connectivity index (χ4v) is 2.69. The molecular formula is C23H25N3O4. The zero-order chi connectivity index (χ0) is 21.2. The number of hydrogen-bond donors (Lipinski definition) is 3. The summed E-state index contributed by atoms with van der Waals surface area (Å²) in [7, 11) is 0. The van der Waals surface area contributed by atoms with Crippen molar-refractivity contribution < 1.29 is 18.7 Å². The van der Waals surface area contributed by atoms with E-state index in [1.54, 1.807) is 54.8 Å². The number of carbonyl (C=O) groups excluding carboxylic acids is 2. The second-order valence-corrected chi connectivity index (χ2v) is 6.62. The van der Waals surface area contributed by atoms with Crippen LogP contribution in [0, 0.1) is 0 Å². The van der Waals surface area contributed by atoms with Crippen LogP contribution < -0.4 is 20.7 Å². The SMILES string of the molecule is CCCOc1ccc(NC(=O)CNc2cccc(C(=O)NCc3ccco3)c2)cc1. The van der Waals surface area contributed by atoms with Crippen LogP contribution in [0.15, 0.2) is 71.3 Å². The molecule has 3 aromatic rings. The van der Waals surface area contributed by atoms with Gasteiger partial charge in [-0.05, 0) is 61.0 Å². The van der Waals surface area contributed by atoms with Gasteiger partial charge in [-0.15, -0.1) is 0 Å². The van der Waals surface area contributed by atoms with Gasteiger partial charge >= 0.3 is 0 Å². The van der Waals surface area contributed by atoms with Crippen LogP contribution in [0.5, 0.6) is 5.75 Å². The molecule has 0 atom stereocenters. The first-order valence-corrected chi connectivity index (χ1v) is 9.81. The van der Waals surface area contributed by atoms with Crippen LogP contribution in [0.25, 0.3) is 0 Å². The van der Waals surface area contributed by atoms with Crippen molar-refractivity contribution in [2.45, 2.75) is 19.9 Å². The third-order valence-electron chi connectivity index (χ3n) is 4.19. The van der Waals surface area contributed by atoms with Gasteiger partial charge < -0.3 is 25.1 Å². The lowest BCUT2D eigenvalue weighted by Crippen LogP contribution is -2.23. The van der Waals surface area contributed by atoms with Crippen LogP contribution in [-0.2, 0) is 11.3 Å². The lowest BCUT2D eigenvalue weighted by atomic mass is 10.2. The van der Waals surface area contributed by atoms with E-state index in [2.05, 4.69) is 16.0 Å². The number of benzene rings is 2. The Kier molecular flexibility index (Phi) is 7.49. The highest BCUT2D eigenvalue weighted by Gasteiger charge is 2.08. The van der Waals surface area contributed by atoms with E-state index in [1.807, 2.05) is 19.1 Å². The number of carbonyl (C=O) groups is 2. The second-order valence-electron chi connectivity index (χ2n) is 6.62. The molecule has 0 radical (unpaired) electrons. The largest absolute Gasteiger partial charge is 0.494 e. The third-order valence-corrected chi connectivity index (χ3v) is 4.19. The molecule has 30 heavy (non-hydrogen) atoms. The lowest BCUT2D eigenvalue weighted by molar-refractivity contribution is -0.114. The van der Waals surface area contributed by atoms with Crippen molar-refractivity contribution in [3.05, 3.63) is 78.3 Å². The molecule has 156 valence electrons. The Bertz CT molecular complexity index is 953. The second kappa shape index (κ2) is 10.7. The third kappa shape index (κ3) is 6.41. The van der Waals surface area contributed by atoms with Crippen molar-refractivity contribution in [1.29, 1.82) is 0 Å². The standard InChI is InChI=1S/C23H25N3O4/c1-2-12-29-20-10-8-18(9-11-20)26-22(27)16-24-19-6-3-5-17(14-19)23(28)25-15-21-7-4-13-30-21/h3-11,13-14,24H,2,12,15-16H2,1H3,(H,25,28)(H,26,27). The predicted molar refractivity (Wildman–Crippen MR) is 116 cm³/mol. The van der Waals surface area contributed by atoms with Crippen molar-refractivity contribution in [3.8, 4) is 5.75 Å². The number of furan rings is 1. The van der Waals surface area contributed by atoms with Gasteiger partial charge in [-0.1, -0.05) is 13.0 Å². The van der Waals surface area contributed by atoms with Gasteiger partial charge in [0.1, 0.15) is 11.5 Å². The quantitative estimate of drug-likeness (QED) is 0.472. The van der Waals surface area contributed by atoms with E-state index in [-0.39, 0.29) is 18.4 Å². The molecule has 2 aromatic carbocycles. The van der Waals surface area contributed by atoms with E-state index in [0.717, 1.165) is 12.2 Å². The molecule has 1 aromatic heterocycles. The number of ether oxygens (including phenoxy) is 1. The summed E-state index contributed by atoms with van der Waals surface area (Å²) in [5.41, 5.74) is 1.87. The Labute approximate surface area is 175 Å². The van der Waals surface area contributed by atoms with Crippen molar-refractivity contribution in [3.63, 3.8) is 0 Å². The van der Waals surface area contributed by atoms with Crippen LogP contribution in [-0.4, -0.2) is 25.0 Å². The Hall–Kier alpha value is -3.74. The van der Waals surface area contributed by atoms with Gasteiger partial charge in [-0.3, -0.25) is 9.59 Å². The van der Waals surface area contributed by atoms with Crippen LogP contribution in [0.1, 0.15) is 29.5 Å². The molecule has 7 heteroatoms. The van der Waals surface area contributed by atoms with Gasteiger partial charge in [0.25, 0.3) is 5.91 Å². The molecule has 0 unspecified atom stereocenters. The first-order chi connectivity index (χ1) is 14.6. The fourth-order valence-electron chi connectivity index (χ4n) is 2.69. The molecular weight excluding hydrogens is 382 g/mol. The van der Waals surface area contributed by atoms with E-state index in [4.69, 9.17) is 9.15 Å². The number of rotatable bonds is 10. The monoisotopic (exact) mass is 407 g/mol. The molecule has 0 saturated heterocycles. The van der Waals surface area contributed by atoms with Gasteiger partial charge in [-0.2, -0.15) is 0 Å². The van der Waals surface area contributed by atoms with E-state index in [0.29, 0.717) is 35.9 Å². The number of hydrogen-bond acceptors (Lipinski definition) is 5. The Balaban J connectivity index is 1.47. The van der Waals surface area contributed by atoms with Gasteiger partial charge in [0.05, 0.1) is 26.0 Å². The highest BCUT2D eigenvalue weighted by atomic mass is 16.5. The van der Waals surface area contributed by atoms with Crippen LogP contribution in [0.4, 0.5) is 11.4 Å². The predicted octanol–water partition coefficient (Wildman–Crippen LogP) is 4.05. The smallest absolute Gasteiger partial charge is 0.251 e. The first kappa shape index (κ1) is 21.0. The first-order valence-electron chi connectivity index (χ1n) is 9.81. The molecule has 3 N–H and O–H groups in total. The molecule has 1 heterocycles. The average molecular weight is 407 g/mol. The molecule has 0 fully saturated rings. The van der Waals surface area contributed by atoms with E-state index in [9.17, 15) is 9.59 Å². The van der Waals surface area contributed by atoms with E-state index in [1.165, 1.54) is 0 Å². The van der Waals surface area contributed by atoms with E-state index >= 15 is 0 Å². The molecule has 3 rings (SSSR count). The minimum absolute atomic E-state index is 0.0750. The van der Waals surface area contributed by atoms with E-state index < -0.39 is 0 Å². The molecule has 0 saturated carbocycles. The maximum absolute atomic E-state index is 12.3. The van der Waals surface area contributed by atoms with Crippen molar-refractivity contribution in [2.75, 3.05) is 23.8 Å². The summed E-state index contributed by atoms with van der Waals surface area (Å²) in [5.74, 6) is 1.05. The lowest BCUT2D eigenvalue weighted by Gasteiger charge is -2.10. The fraction of sp³-hybridized carbons (Fsp3) is 0.217. The summed E-state index contributed by atoms with van der Waals surface area (Å²) in [6.45, 7) is 3.10. The van der Waals surface area contributed by atoms with Gasteiger partial charge in [0, 0.05) is 16.9 Å².